The van der Waals surface area contributed by atoms with E-state index in [9.17, 15) is 4.79 Å². The predicted molar refractivity (Wildman–Crippen MR) is 54.3 cm³/mol. The number of carbonyl (C=O) groups excluding carboxylic acids is 1. The quantitative estimate of drug-likeness (QED) is 0.341. The maximum absolute atomic E-state index is 11.3. The lowest BCUT2D eigenvalue weighted by Gasteiger charge is -2.07. The van der Waals surface area contributed by atoms with Gasteiger partial charge in [0, 0.05) is 0 Å². The van der Waals surface area contributed by atoms with E-state index in [2.05, 4.69) is 6.58 Å². The molecule has 0 aliphatic heterocycles. The Balaban J connectivity index is 2.45. The normalized spacial score (nSPS) is 9.40. The molecular weight excluding hydrogens is 196 g/mol. The van der Waals surface area contributed by atoms with Crippen molar-refractivity contribution in [3.05, 3.63) is 42.7 Å². The third-order valence-corrected chi connectivity index (χ3v) is 1.55. The zero-order chi connectivity index (χ0) is 11.1. The van der Waals surface area contributed by atoms with E-state index in [1.165, 1.54) is 0 Å². The molecule has 4 heteroatoms. The summed E-state index contributed by atoms with van der Waals surface area (Å²) >= 11 is 0. The zero-order valence-electron chi connectivity index (χ0n) is 8.18. The van der Waals surface area contributed by atoms with Gasteiger partial charge in [0.1, 0.15) is 12.4 Å². The van der Waals surface area contributed by atoms with Gasteiger partial charge in [-0.2, -0.15) is 0 Å². The molecule has 0 saturated heterocycles. The Morgan fingerprint density at radius 3 is 2.60 bits per heavy atom. The van der Waals surface area contributed by atoms with Gasteiger partial charge in [-0.15, -0.1) is 0 Å². The fraction of sp³-hybridized carbons (Fsp3) is 0.182. The Hall–Kier alpha value is -1.81. The molecule has 0 atom stereocenters. The van der Waals surface area contributed by atoms with Crippen molar-refractivity contribution in [2.75, 3.05) is 13.2 Å². The molecule has 1 aromatic rings. The van der Waals surface area contributed by atoms with Crippen molar-refractivity contribution in [2.24, 2.45) is 0 Å². The molecule has 0 heterocycles. The van der Waals surface area contributed by atoms with Gasteiger partial charge < -0.3 is 14.6 Å². The number of aliphatic hydroxyl groups is 1. The number of ether oxygens (including phenoxy) is 2. The Kier molecular flexibility index (Phi) is 4.37. The molecule has 0 bridgehead atoms. The smallest absolute Gasteiger partial charge is 0.378 e. The molecule has 0 aliphatic carbocycles. The largest absolute Gasteiger partial charge is 0.485 e. The molecule has 0 aliphatic rings. The van der Waals surface area contributed by atoms with Gasteiger partial charge in [0.15, 0.2) is 5.76 Å². The topological polar surface area (TPSA) is 55.8 Å². The Labute approximate surface area is 87.7 Å². The number of benzene rings is 1. The number of hydrogen-bond donors (Lipinski definition) is 1. The molecule has 80 valence electrons. The number of hydrogen-bond acceptors (Lipinski definition) is 4. The van der Waals surface area contributed by atoms with E-state index in [4.69, 9.17) is 14.6 Å². The second kappa shape index (κ2) is 5.82. The molecule has 1 N–H and O–H groups in total. The first-order valence-electron chi connectivity index (χ1n) is 4.44. The first kappa shape index (κ1) is 11.3. The number of para-hydroxylation sites is 1. The van der Waals surface area contributed by atoms with Crippen LogP contribution in [0.1, 0.15) is 0 Å². The SMILES string of the molecule is C=C(OCCO)C(=O)Oc1ccccc1. The summed E-state index contributed by atoms with van der Waals surface area (Å²) in [6.45, 7) is 3.24. The van der Waals surface area contributed by atoms with Crippen LogP contribution in [-0.2, 0) is 9.53 Å². The van der Waals surface area contributed by atoms with Crippen molar-refractivity contribution >= 4 is 5.97 Å². The van der Waals surface area contributed by atoms with Gasteiger partial charge in [-0.1, -0.05) is 18.2 Å². The van der Waals surface area contributed by atoms with E-state index in [0.29, 0.717) is 5.75 Å². The summed E-state index contributed by atoms with van der Waals surface area (Å²) in [5, 5.41) is 8.47. The van der Waals surface area contributed by atoms with Gasteiger partial charge in [-0.3, -0.25) is 0 Å². The molecule has 4 nitrogen and oxygen atoms in total. The minimum atomic E-state index is -0.658. The van der Waals surface area contributed by atoms with Crippen LogP contribution in [0.15, 0.2) is 42.7 Å². The molecule has 0 amide bonds. The third-order valence-electron chi connectivity index (χ3n) is 1.55. The van der Waals surface area contributed by atoms with Crippen molar-refractivity contribution in [3.63, 3.8) is 0 Å². The van der Waals surface area contributed by atoms with Crippen molar-refractivity contribution in [1.82, 2.24) is 0 Å². The molecule has 1 aromatic carbocycles. The maximum atomic E-state index is 11.3. The van der Waals surface area contributed by atoms with Gasteiger partial charge in [0.05, 0.1) is 6.61 Å². The highest BCUT2D eigenvalue weighted by atomic mass is 16.6. The van der Waals surface area contributed by atoms with E-state index in [-0.39, 0.29) is 19.0 Å². The van der Waals surface area contributed by atoms with Crippen LogP contribution >= 0.6 is 0 Å². The van der Waals surface area contributed by atoms with Crippen molar-refractivity contribution in [2.45, 2.75) is 0 Å². The van der Waals surface area contributed by atoms with Crippen LogP contribution in [0.5, 0.6) is 5.75 Å². The minimum absolute atomic E-state index is 0.0305. The first-order chi connectivity index (χ1) is 7.24. The van der Waals surface area contributed by atoms with Crippen LogP contribution < -0.4 is 4.74 Å². The summed E-state index contributed by atoms with van der Waals surface area (Å²) in [6.07, 6.45) is 0. The lowest BCUT2D eigenvalue weighted by Crippen LogP contribution is -2.14. The highest BCUT2D eigenvalue weighted by Gasteiger charge is 2.10. The second-order valence-electron chi connectivity index (χ2n) is 2.70. The van der Waals surface area contributed by atoms with Crippen LogP contribution in [0.25, 0.3) is 0 Å². The van der Waals surface area contributed by atoms with E-state index >= 15 is 0 Å². The molecule has 15 heavy (non-hydrogen) atoms. The van der Waals surface area contributed by atoms with Crippen LogP contribution in [0.4, 0.5) is 0 Å². The van der Waals surface area contributed by atoms with Gasteiger partial charge >= 0.3 is 5.97 Å². The molecule has 0 radical (unpaired) electrons. The van der Waals surface area contributed by atoms with E-state index in [1.807, 2.05) is 6.07 Å². The number of carbonyl (C=O) groups is 1. The summed E-state index contributed by atoms with van der Waals surface area (Å²) in [4.78, 5) is 11.3. The average Bonchev–Trinajstić information content (AvgIpc) is 2.27. The van der Waals surface area contributed by atoms with Gasteiger partial charge in [-0.25, -0.2) is 4.79 Å². The number of rotatable bonds is 5. The molecule has 0 saturated carbocycles. The second-order valence-corrected chi connectivity index (χ2v) is 2.70. The van der Waals surface area contributed by atoms with Crippen molar-refractivity contribution in [3.8, 4) is 5.75 Å². The predicted octanol–water partition coefficient (Wildman–Crippen LogP) is 1.11. The van der Waals surface area contributed by atoms with Crippen LogP contribution in [0.3, 0.4) is 0 Å². The highest BCUT2D eigenvalue weighted by Crippen LogP contribution is 2.10. The van der Waals surface area contributed by atoms with Crippen LogP contribution in [0, 0.1) is 0 Å². The standard InChI is InChI=1S/C11H12O4/c1-9(14-8-7-12)11(13)15-10-5-3-2-4-6-10/h2-6,12H,1,7-8H2. The highest BCUT2D eigenvalue weighted by molar-refractivity contribution is 5.87. The summed E-state index contributed by atoms with van der Waals surface area (Å²) < 4.78 is 9.73. The summed E-state index contributed by atoms with van der Waals surface area (Å²) in [5.41, 5.74) is 0. The monoisotopic (exact) mass is 208 g/mol. The maximum Gasteiger partial charge on any atom is 0.378 e. The summed E-state index contributed by atoms with van der Waals surface area (Å²) in [6, 6.07) is 8.61. The average molecular weight is 208 g/mol. The van der Waals surface area contributed by atoms with E-state index < -0.39 is 5.97 Å². The zero-order valence-corrected chi connectivity index (χ0v) is 8.18. The summed E-state index contributed by atoms with van der Waals surface area (Å²) in [5.74, 6) is -0.348. The molecular formula is C11H12O4. The molecule has 0 spiro atoms. The Bertz CT molecular complexity index is 332. The van der Waals surface area contributed by atoms with Crippen molar-refractivity contribution < 1.29 is 19.4 Å². The lowest BCUT2D eigenvalue weighted by atomic mass is 10.3. The van der Waals surface area contributed by atoms with Crippen LogP contribution in [-0.4, -0.2) is 24.3 Å². The number of aliphatic hydroxyl groups excluding tert-OH is 1. The fourth-order valence-corrected chi connectivity index (χ4v) is 0.880. The van der Waals surface area contributed by atoms with Crippen molar-refractivity contribution in [1.29, 1.82) is 0 Å². The fourth-order valence-electron chi connectivity index (χ4n) is 0.880. The molecule has 1 rings (SSSR count). The molecule has 0 aromatic heterocycles. The minimum Gasteiger partial charge on any atom is -0.485 e. The Morgan fingerprint density at radius 1 is 1.33 bits per heavy atom. The van der Waals surface area contributed by atoms with E-state index in [1.54, 1.807) is 24.3 Å². The van der Waals surface area contributed by atoms with Gasteiger partial charge in [0.25, 0.3) is 0 Å². The summed E-state index contributed by atoms with van der Waals surface area (Å²) in [7, 11) is 0. The molecule has 0 unspecified atom stereocenters. The van der Waals surface area contributed by atoms with E-state index in [0.717, 1.165) is 0 Å². The first-order valence-corrected chi connectivity index (χ1v) is 4.44. The Morgan fingerprint density at radius 2 is 2.00 bits per heavy atom. The van der Waals surface area contributed by atoms with Crippen LogP contribution in [0.2, 0.25) is 0 Å². The number of esters is 1. The van der Waals surface area contributed by atoms with Gasteiger partial charge in [0.2, 0.25) is 0 Å². The molecule has 0 fully saturated rings. The van der Waals surface area contributed by atoms with Gasteiger partial charge in [-0.05, 0) is 18.7 Å². The lowest BCUT2D eigenvalue weighted by molar-refractivity contribution is -0.134. The third kappa shape index (κ3) is 3.83.